The number of rotatable bonds is 7. The van der Waals surface area contributed by atoms with Gasteiger partial charge in [-0.25, -0.2) is 4.68 Å². The lowest BCUT2D eigenvalue weighted by Gasteiger charge is -2.33. The molecule has 1 atom stereocenters. The summed E-state index contributed by atoms with van der Waals surface area (Å²) in [5.74, 6) is -0.668. The van der Waals surface area contributed by atoms with Crippen molar-refractivity contribution in [1.29, 1.82) is 0 Å². The van der Waals surface area contributed by atoms with Crippen molar-refractivity contribution in [3.63, 3.8) is 0 Å². The fourth-order valence-corrected chi connectivity index (χ4v) is 5.19. The molecule has 208 valence electrons. The van der Waals surface area contributed by atoms with Crippen LogP contribution in [0.2, 0.25) is 0 Å². The van der Waals surface area contributed by atoms with Crippen molar-refractivity contribution in [1.82, 2.24) is 14.7 Å². The summed E-state index contributed by atoms with van der Waals surface area (Å²) in [6.45, 7) is 6.18. The maximum absolute atomic E-state index is 14.0. The number of amides is 1. The summed E-state index contributed by atoms with van der Waals surface area (Å²) in [6, 6.07) is 14.1. The molecule has 1 heterocycles. The fraction of sp³-hybridized carbons (Fsp3) is 0.433. The number of phenolic OH excluding ortho intramolecular Hbond substituents is 1. The summed E-state index contributed by atoms with van der Waals surface area (Å²) in [5, 5.41) is 20.2. The van der Waals surface area contributed by atoms with Crippen LogP contribution in [-0.2, 0) is 0 Å². The molecule has 9 heteroatoms. The summed E-state index contributed by atoms with van der Waals surface area (Å²) >= 11 is 0. The summed E-state index contributed by atoms with van der Waals surface area (Å²) in [4.78, 5) is 41.6. The van der Waals surface area contributed by atoms with E-state index in [4.69, 9.17) is 0 Å². The third-order valence-electron chi connectivity index (χ3n) is 7.29. The second-order valence-corrected chi connectivity index (χ2v) is 11.5. The number of hydrogen-bond acceptors (Lipinski definition) is 6. The van der Waals surface area contributed by atoms with Crippen molar-refractivity contribution in [2.45, 2.75) is 65.0 Å². The van der Waals surface area contributed by atoms with E-state index in [0.717, 1.165) is 37.7 Å². The molecular weight excluding hydrogens is 494 g/mol. The van der Waals surface area contributed by atoms with Crippen LogP contribution in [0.15, 0.2) is 58.1 Å². The highest BCUT2D eigenvalue weighted by atomic mass is 16.3. The smallest absolute Gasteiger partial charge is 0.291 e. The van der Waals surface area contributed by atoms with Gasteiger partial charge in [-0.15, -0.1) is 0 Å². The van der Waals surface area contributed by atoms with Gasteiger partial charge in [-0.05, 0) is 36.0 Å². The summed E-state index contributed by atoms with van der Waals surface area (Å²) in [6.07, 6.45) is 4.67. The quantitative estimate of drug-likeness (QED) is 0.302. The van der Waals surface area contributed by atoms with Gasteiger partial charge in [0.05, 0.1) is 23.3 Å². The summed E-state index contributed by atoms with van der Waals surface area (Å²) in [7, 11) is 3.19. The molecule has 1 amide bonds. The standard InChI is InChI=1S/C30H39N5O4/c1-30(2,3)26(19-13-8-6-9-14-19)32-23-24(29(39)35(33-27(23)37)20-15-10-7-11-16-20)31-22-18-12-17-21(25(22)36)28(38)34(4)5/h6,8-9,12-14,17-18,20,26,31-32,36H,7,10-11,15-16H2,1-5H3,(H,33,37)/t26-/m0/s1. The van der Waals surface area contributed by atoms with Gasteiger partial charge in [-0.3, -0.25) is 19.5 Å². The molecule has 1 fully saturated rings. The van der Waals surface area contributed by atoms with E-state index in [1.54, 1.807) is 26.2 Å². The number of aromatic nitrogens is 2. The number of anilines is 3. The van der Waals surface area contributed by atoms with E-state index < -0.39 is 11.1 Å². The van der Waals surface area contributed by atoms with E-state index >= 15 is 0 Å². The highest BCUT2D eigenvalue weighted by Gasteiger charge is 2.30. The Balaban J connectivity index is 1.87. The molecule has 0 aliphatic heterocycles. The monoisotopic (exact) mass is 533 g/mol. The Kier molecular flexibility index (Phi) is 8.18. The van der Waals surface area contributed by atoms with E-state index in [9.17, 15) is 19.5 Å². The molecule has 0 saturated heterocycles. The normalized spacial score (nSPS) is 15.0. The second-order valence-electron chi connectivity index (χ2n) is 11.5. The fourth-order valence-electron chi connectivity index (χ4n) is 5.19. The Bertz CT molecular complexity index is 1430. The van der Waals surface area contributed by atoms with Crippen LogP contribution in [0, 0.1) is 5.41 Å². The van der Waals surface area contributed by atoms with Gasteiger partial charge in [0, 0.05) is 14.1 Å². The third kappa shape index (κ3) is 6.02. The molecule has 1 saturated carbocycles. The van der Waals surface area contributed by atoms with Gasteiger partial charge in [-0.1, -0.05) is 76.4 Å². The van der Waals surface area contributed by atoms with Gasteiger partial charge in [0.1, 0.15) is 11.4 Å². The maximum atomic E-state index is 14.0. The van der Waals surface area contributed by atoms with Crippen LogP contribution in [0.3, 0.4) is 0 Å². The second kappa shape index (κ2) is 11.4. The third-order valence-corrected chi connectivity index (χ3v) is 7.29. The first-order chi connectivity index (χ1) is 18.5. The van der Waals surface area contributed by atoms with E-state index in [2.05, 4.69) is 36.5 Å². The van der Waals surface area contributed by atoms with Crippen molar-refractivity contribution in [2.24, 2.45) is 5.41 Å². The lowest BCUT2D eigenvalue weighted by molar-refractivity contribution is 0.0824. The molecule has 2 aromatic carbocycles. The van der Waals surface area contributed by atoms with E-state index in [1.807, 2.05) is 30.3 Å². The molecule has 0 bridgehead atoms. The largest absolute Gasteiger partial charge is 0.505 e. The number of nitrogens with one attached hydrogen (secondary N) is 3. The zero-order chi connectivity index (χ0) is 28.3. The Morgan fingerprint density at radius 3 is 2.28 bits per heavy atom. The molecule has 1 aromatic heterocycles. The SMILES string of the molecule is CN(C)C(=O)c1cccc(Nc2c(N[C@@H](c3ccccc3)C(C)(C)C)c(=O)[nH]n(C3CCCCC3)c2=O)c1O. The van der Waals surface area contributed by atoms with E-state index in [-0.39, 0.29) is 51.8 Å². The van der Waals surface area contributed by atoms with E-state index in [0.29, 0.717) is 0 Å². The number of aromatic hydroxyl groups is 1. The molecule has 0 spiro atoms. The number of benzene rings is 2. The minimum Gasteiger partial charge on any atom is -0.505 e. The Morgan fingerprint density at radius 2 is 1.67 bits per heavy atom. The topological polar surface area (TPSA) is 119 Å². The minimum atomic E-state index is -0.437. The van der Waals surface area contributed by atoms with Gasteiger partial charge < -0.3 is 20.6 Å². The first-order valence-electron chi connectivity index (χ1n) is 13.5. The predicted octanol–water partition coefficient (Wildman–Crippen LogP) is 5.39. The molecule has 0 unspecified atom stereocenters. The van der Waals surface area contributed by atoms with Crippen molar-refractivity contribution < 1.29 is 9.90 Å². The summed E-state index contributed by atoms with van der Waals surface area (Å²) in [5.41, 5.74) is 0.182. The van der Waals surface area contributed by atoms with Crippen LogP contribution in [-0.4, -0.2) is 39.8 Å². The van der Waals surface area contributed by atoms with E-state index in [1.165, 1.54) is 15.6 Å². The van der Waals surface area contributed by atoms with Gasteiger partial charge >= 0.3 is 0 Å². The Hall–Kier alpha value is -4.01. The molecule has 3 aromatic rings. The molecule has 0 radical (unpaired) electrons. The number of phenols is 1. The molecule has 1 aliphatic carbocycles. The number of carbonyl (C=O) groups is 1. The average molecular weight is 534 g/mol. The molecule has 9 nitrogen and oxygen atoms in total. The summed E-state index contributed by atoms with van der Waals surface area (Å²) < 4.78 is 1.43. The van der Waals surface area contributed by atoms with Crippen molar-refractivity contribution in [3.05, 3.63) is 80.4 Å². The lowest BCUT2D eigenvalue weighted by atomic mass is 9.82. The number of carbonyl (C=O) groups excluding carboxylic acids is 1. The first-order valence-corrected chi connectivity index (χ1v) is 13.5. The molecular formula is C30H39N5O4. The number of para-hydroxylation sites is 1. The molecule has 4 rings (SSSR count). The highest BCUT2D eigenvalue weighted by Crippen LogP contribution is 2.38. The average Bonchev–Trinajstić information content (AvgIpc) is 2.91. The zero-order valence-electron chi connectivity index (χ0n) is 23.4. The van der Waals surface area contributed by atoms with Crippen LogP contribution in [0.25, 0.3) is 0 Å². The zero-order valence-corrected chi connectivity index (χ0v) is 23.4. The highest BCUT2D eigenvalue weighted by molar-refractivity contribution is 5.98. The number of aromatic amines is 1. The van der Waals surface area contributed by atoms with Crippen molar-refractivity contribution >= 4 is 23.0 Å². The minimum absolute atomic E-state index is 0.0271. The number of hydrogen-bond donors (Lipinski definition) is 4. The van der Waals surface area contributed by atoms with Crippen LogP contribution in [0.5, 0.6) is 5.75 Å². The Morgan fingerprint density at radius 1 is 1.00 bits per heavy atom. The van der Waals surface area contributed by atoms with Gasteiger partial charge in [-0.2, -0.15) is 0 Å². The predicted molar refractivity (Wildman–Crippen MR) is 155 cm³/mol. The van der Waals surface area contributed by atoms with Gasteiger partial charge in [0.15, 0.2) is 5.75 Å². The van der Waals surface area contributed by atoms with Crippen LogP contribution >= 0.6 is 0 Å². The van der Waals surface area contributed by atoms with Crippen LogP contribution in [0.4, 0.5) is 17.1 Å². The molecule has 1 aliphatic rings. The Labute approximate surface area is 228 Å². The number of H-pyrrole nitrogens is 1. The van der Waals surface area contributed by atoms with Gasteiger partial charge in [0.2, 0.25) is 0 Å². The maximum Gasteiger partial charge on any atom is 0.291 e. The molecule has 4 N–H and O–H groups in total. The van der Waals surface area contributed by atoms with Crippen LogP contribution in [0.1, 0.15) is 80.9 Å². The molecule has 39 heavy (non-hydrogen) atoms. The lowest BCUT2D eigenvalue weighted by Crippen LogP contribution is -2.38. The number of nitrogens with zero attached hydrogens (tertiary/aromatic N) is 2. The van der Waals surface area contributed by atoms with Crippen LogP contribution < -0.4 is 21.8 Å². The van der Waals surface area contributed by atoms with Crippen molar-refractivity contribution in [3.8, 4) is 5.75 Å². The van der Waals surface area contributed by atoms with Gasteiger partial charge in [0.25, 0.3) is 17.0 Å². The first kappa shape index (κ1) is 28.0. The van der Waals surface area contributed by atoms with Crippen molar-refractivity contribution in [2.75, 3.05) is 24.7 Å².